The van der Waals surface area contributed by atoms with E-state index in [0.717, 1.165) is 0 Å². The predicted octanol–water partition coefficient (Wildman–Crippen LogP) is 2.06. The first-order chi connectivity index (χ1) is 9.60. The van der Waals surface area contributed by atoms with Crippen LogP contribution in [0.5, 0.6) is 0 Å². The molecule has 1 amide bonds. The molecule has 0 aromatic carbocycles. The molecule has 1 rings (SSSR count). The van der Waals surface area contributed by atoms with Gasteiger partial charge in [0.2, 0.25) is 17.0 Å². The quantitative estimate of drug-likeness (QED) is 0.489. The highest BCUT2D eigenvalue weighted by Crippen LogP contribution is 2.26. The summed E-state index contributed by atoms with van der Waals surface area (Å²) in [4.78, 5) is 29.6. The normalized spacial score (nSPS) is 11.1. The van der Waals surface area contributed by atoms with Crippen LogP contribution in [0.25, 0.3) is 0 Å². The van der Waals surface area contributed by atoms with Gasteiger partial charge in [0.05, 0.1) is 4.92 Å². The van der Waals surface area contributed by atoms with Crippen molar-refractivity contribution < 1.29 is 9.72 Å². The van der Waals surface area contributed by atoms with E-state index in [0.29, 0.717) is 0 Å². The molecular weight excluding hydrogens is 298 g/mol. The van der Waals surface area contributed by atoms with Crippen LogP contribution in [0.3, 0.4) is 0 Å². The highest BCUT2D eigenvalue weighted by molar-refractivity contribution is 6.28. The summed E-state index contributed by atoms with van der Waals surface area (Å²) in [6.45, 7) is 7.29. The summed E-state index contributed by atoms with van der Waals surface area (Å²) in [6, 6.07) is 0. The molecule has 116 valence electrons. The van der Waals surface area contributed by atoms with Gasteiger partial charge in [0, 0.05) is 18.5 Å². The number of halogens is 1. The predicted molar refractivity (Wildman–Crippen MR) is 79.4 cm³/mol. The summed E-state index contributed by atoms with van der Waals surface area (Å²) in [5.74, 6) is -0.143. The van der Waals surface area contributed by atoms with Crippen LogP contribution >= 0.6 is 11.6 Å². The number of nitro groups is 1. The molecule has 1 aromatic rings. The zero-order valence-corrected chi connectivity index (χ0v) is 13.1. The topological polar surface area (TPSA) is 110 Å². The van der Waals surface area contributed by atoms with Gasteiger partial charge in [-0.3, -0.25) is 14.9 Å². The number of anilines is 1. The van der Waals surface area contributed by atoms with E-state index in [2.05, 4.69) is 20.6 Å². The summed E-state index contributed by atoms with van der Waals surface area (Å²) in [7, 11) is 0. The van der Waals surface area contributed by atoms with E-state index in [1.165, 1.54) is 6.92 Å². The van der Waals surface area contributed by atoms with Crippen molar-refractivity contribution in [3.05, 3.63) is 21.1 Å². The Hall–Kier alpha value is -1.96. The molecule has 2 N–H and O–H groups in total. The molecule has 0 aliphatic heterocycles. The summed E-state index contributed by atoms with van der Waals surface area (Å²) < 4.78 is 0. The highest BCUT2D eigenvalue weighted by atomic mass is 35.5. The molecule has 0 saturated heterocycles. The van der Waals surface area contributed by atoms with Crippen molar-refractivity contribution in [2.45, 2.75) is 39.7 Å². The van der Waals surface area contributed by atoms with Gasteiger partial charge in [0.25, 0.3) is 0 Å². The number of hydrogen-bond donors (Lipinski definition) is 2. The number of hydrogen-bond acceptors (Lipinski definition) is 6. The summed E-state index contributed by atoms with van der Waals surface area (Å²) in [5, 5.41) is 16.5. The van der Waals surface area contributed by atoms with Gasteiger partial charge in [-0.1, -0.05) is 0 Å². The number of nitrogens with zero attached hydrogens (tertiary/aromatic N) is 3. The fourth-order valence-corrected chi connectivity index (χ4v) is 1.86. The van der Waals surface area contributed by atoms with Crippen LogP contribution in [0.15, 0.2) is 0 Å². The molecule has 0 saturated carbocycles. The van der Waals surface area contributed by atoms with Gasteiger partial charge in [-0.15, -0.1) is 0 Å². The summed E-state index contributed by atoms with van der Waals surface area (Å²) in [5.41, 5.74) is -0.394. The van der Waals surface area contributed by atoms with Gasteiger partial charge in [0.15, 0.2) is 0 Å². The lowest BCUT2D eigenvalue weighted by molar-refractivity contribution is -0.385. The third kappa shape index (κ3) is 5.50. The molecular formula is C12H18ClN5O3. The van der Waals surface area contributed by atoms with E-state index in [1.807, 2.05) is 20.8 Å². The Morgan fingerprint density at radius 2 is 2.00 bits per heavy atom. The van der Waals surface area contributed by atoms with E-state index in [1.54, 1.807) is 0 Å². The van der Waals surface area contributed by atoms with Crippen LogP contribution in [0, 0.1) is 17.0 Å². The Balaban J connectivity index is 2.72. The molecule has 9 heteroatoms. The molecule has 8 nitrogen and oxygen atoms in total. The average molecular weight is 316 g/mol. The van der Waals surface area contributed by atoms with Gasteiger partial charge >= 0.3 is 5.69 Å². The Labute approximate surface area is 127 Å². The number of rotatable bonds is 5. The number of carbonyl (C=O) groups excluding carboxylic acids is 1. The second-order valence-electron chi connectivity index (χ2n) is 5.51. The van der Waals surface area contributed by atoms with E-state index in [-0.39, 0.29) is 46.9 Å². The van der Waals surface area contributed by atoms with Crippen molar-refractivity contribution in [1.82, 2.24) is 15.3 Å². The molecule has 0 aliphatic carbocycles. The molecule has 0 radical (unpaired) electrons. The van der Waals surface area contributed by atoms with Crippen molar-refractivity contribution in [2.24, 2.45) is 0 Å². The van der Waals surface area contributed by atoms with Gasteiger partial charge < -0.3 is 10.6 Å². The minimum Gasteiger partial charge on any atom is -0.364 e. The Kier molecular flexibility index (Phi) is 5.42. The molecule has 0 spiro atoms. The molecule has 0 unspecified atom stereocenters. The summed E-state index contributed by atoms with van der Waals surface area (Å²) >= 11 is 5.69. The third-order valence-corrected chi connectivity index (χ3v) is 2.54. The highest BCUT2D eigenvalue weighted by Gasteiger charge is 2.21. The van der Waals surface area contributed by atoms with Crippen molar-refractivity contribution in [3.63, 3.8) is 0 Å². The Morgan fingerprint density at radius 3 is 2.52 bits per heavy atom. The standard InChI is InChI=1S/C12H18ClN5O3/c1-7-9(18(20)21)10(16-11(13)15-7)14-6-5-8(19)17-12(2,3)4/h5-6H2,1-4H3,(H,17,19)(H,14,15,16). The first kappa shape index (κ1) is 17.1. The van der Waals surface area contributed by atoms with Gasteiger partial charge in [-0.2, -0.15) is 4.98 Å². The number of carbonyl (C=O) groups is 1. The van der Waals surface area contributed by atoms with Gasteiger partial charge in [0.1, 0.15) is 5.69 Å². The maximum Gasteiger partial charge on any atom is 0.332 e. The largest absolute Gasteiger partial charge is 0.364 e. The van der Waals surface area contributed by atoms with Gasteiger partial charge in [-0.05, 0) is 39.3 Å². The van der Waals surface area contributed by atoms with Crippen molar-refractivity contribution in [1.29, 1.82) is 0 Å². The van der Waals surface area contributed by atoms with Crippen LogP contribution in [-0.2, 0) is 4.79 Å². The monoisotopic (exact) mass is 315 g/mol. The Morgan fingerprint density at radius 1 is 1.38 bits per heavy atom. The maximum atomic E-state index is 11.7. The zero-order valence-electron chi connectivity index (χ0n) is 12.4. The molecule has 0 atom stereocenters. The molecule has 0 fully saturated rings. The first-order valence-corrected chi connectivity index (χ1v) is 6.71. The first-order valence-electron chi connectivity index (χ1n) is 6.33. The SMILES string of the molecule is Cc1nc(Cl)nc(NCCC(=O)NC(C)(C)C)c1[N+](=O)[O-]. The van der Waals surface area contributed by atoms with Crippen LogP contribution in [0.2, 0.25) is 5.28 Å². The van der Waals surface area contributed by atoms with E-state index in [4.69, 9.17) is 11.6 Å². The average Bonchev–Trinajstić information content (AvgIpc) is 2.24. The van der Waals surface area contributed by atoms with Crippen LogP contribution in [0.4, 0.5) is 11.5 Å². The lowest BCUT2D eigenvalue weighted by Gasteiger charge is -2.20. The van der Waals surface area contributed by atoms with Crippen molar-refractivity contribution >= 4 is 29.0 Å². The van der Waals surface area contributed by atoms with Gasteiger partial charge in [-0.25, -0.2) is 4.98 Å². The number of nitrogens with one attached hydrogen (secondary N) is 2. The van der Waals surface area contributed by atoms with E-state index < -0.39 is 4.92 Å². The second-order valence-corrected chi connectivity index (χ2v) is 5.85. The number of amides is 1. The minimum absolute atomic E-state index is 0.0149. The van der Waals surface area contributed by atoms with Crippen molar-refractivity contribution in [2.75, 3.05) is 11.9 Å². The van der Waals surface area contributed by atoms with E-state index >= 15 is 0 Å². The smallest absolute Gasteiger partial charge is 0.332 e. The van der Waals surface area contributed by atoms with Crippen LogP contribution in [-0.4, -0.2) is 32.9 Å². The van der Waals surface area contributed by atoms with Crippen molar-refractivity contribution in [3.8, 4) is 0 Å². The van der Waals surface area contributed by atoms with E-state index in [9.17, 15) is 14.9 Å². The number of aromatic nitrogens is 2. The third-order valence-electron chi connectivity index (χ3n) is 2.37. The number of aryl methyl sites for hydroxylation is 1. The molecule has 0 aliphatic rings. The Bertz CT molecular complexity index is 557. The minimum atomic E-state index is -0.580. The molecule has 0 bridgehead atoms. The lowest BCUT2D eigenvalue weighted by atomic mass is 10.1. The maximum absolute atomic E-state index is 11.7. The summed E-state index contributed by atoms with van der Waals surface area (Å²) in [6.07, 6.45) is 0.162. The second kappa shape index (κ2) is 6.66. The van der Waals surface area contributed by atoms with Crippen LogP contribution < -0.4 is 10.6 Å². The fraction of sp³-hybridized carbons (Fsp3) is 0.583. The molecule has 21 heavy (non-hydrogen) atoms. The van der Waals surface area contributed by atoms with Crippen LogP contribution in [0.1, 0.15) is 32.9 Å². The molecule has 1 aromatic heterocycles. The fourth-order valence-electron chi connectivity index (χ4n) is 1.65. The lowest BCUT2D eigenvalue weighted by Crippen LogP contribution is -2.41. The molecule has 1 heterocycles. The zero-order chi connectivity index (χ0) is 16.2.